The van der Waals surface area contributed by atoms with Gasteiger partial charge in [-0.3, -0.25) is 9.69 Å². The fourth-order valence-electron chi connectivity index (χ4n) is 3.57. The largest absolute Gasteiger partial charge is 0.435 e. The van der Waals surface area contributed by atoms with Crippen molar-refractivity contribution in [2.45, 2.75) is 12.5 Å². The van der Waals surface area contributed by atoms with Crippen LogP contribution >= 0.6 is 0 Å². The monoisotopic (exact) mass is 268 g/mol. The minimum absolute atomic E-state index is 0.0832. The van der Waals surface area contributed by atoms with Gasteiger partial charge in [-0.25, -0.2) is 0 Å². The van der Waals surface area contributed by atoms with Gasteiger partial charge in [0.2, 0.25) is 0 Å². The molecule has 0 saturated carbocycles. The Morgan fingerprint density at radius 2 is 2.30 bits per heavy atom. The molecule has 0 radical (unpaired) electrons. The molecule has 2 aliphatic heterocycles. The van der Waals surface area contributed by atoms with Gasteiger partial charge in [0, 0.05) is 29.7 Å². The van der Waals surface area contributed by atoms with E-state index in [2.05, 4.69) is 34.7 Å². The number of aromatic amines is 1. The molecule has 2 unspecified atom stereocenters. The second kappa shape index (κ2) is 4.21. The number of esters is 1. The fourth-order valence-corrected chi connectivity index (χ4v) is 3.57. The van der Waals surface area contributed by atoms with Gasteiger partial charge in [-0.05, 0) is 18.1 Å². The van der Waals surface area contributed by atoms with Crippen LogP contribution in [-0.4, -0.2) is 28.9 Å². The molecule has 4 rings (SSSR count). The van der Waals surface area contributed by atoms with Gasteiger partial charge in [0.25, 0.3) is 0 Å². The van der Waals surface area contributed by atoms with Crippen LogP contribution in [0.4, 0.5) is 0 Å². The molecule has 2 atom stereocenters. The van der Waals surface area contributed by atoms with Crippen LogP contribution in [0, 0.1) is 5.92 Å². The van der Waals surface area contributed by atoms with E-state index in [-0.39, 0.29) is 17.9 Å². The van der Waals surface area contributed by atoms with Crippen LogP contribution in [0.25, 0.3) is 10.9 Å². The summed E-state index contributed by atoms with van der Waals surface area (Å²) < 4.78 is 4.97. The molecule has 3 heterocycles. The molecule has 1 fully saturated rings. The Hall–Kier alpha value is -2.07. The molecule has 102 valence electrons. The maximum absolute atomic E-state index is 12.0. The van der Waals surface area contributed by atoms with E-state index in [4.69, 9.17) is 4.74 Å². The first-order valence-corrected chi connectivity index (χ1v) is 6.94. The first-order valence-electron chi connectivity index (χ1n) is 6.94. The zero-order chi connectivity index (χ0) is 13.7. The third kappa shape index (κ3) is 1.48. The van der Waals surface area contributed by atoms with Crippen LogP contribution in [0.15, 0.2) is 37.1 Å². The number of ether oxygens (including phenoxy) is 1. The van der Waals surface area contributed by atoms with E-state index < -0.39 is 0 Å². The smallest absolute Gasteiger partial charge is 0.317 e. The van der Waals surface area contributed by atoms with Crippen LogP contribution in [0.3, 0.4) is 0 Å². The Kier molecular flexibility index (Phi) is 2.47. The summed E-state index contributed by atoms with van der Waals surface area (Å²) in [6.07, 6.45) is 2.26. The van der Waals surface area contributed by atoms with E-state index in [1.807, 2.05) is 6.07 Å². The predicted molar refractivity (Wildman–Crippen MR) is 76.1 cm³/mol. The van der Waals surface area contributed by atoms with Crippen molar-refractivity contribution < 1.29 is 9.53 Å². The highest BCUT2D eigenvalue weighted by Crippen LogP contribution is 2.45. The number of H-pyrrole nitrogens is 1. The predicted octanol–water partition coefficient (Wildman–Crippen LogP) is 2.38. The summed E-state index contributed by atoms with van der Waals surface area (Å²) >= 11 is 0. The van der Waals surface area contributed by atoms with Gasteiger partial charge < -0.3 is 9.72 Å². The SMILES string of the molecule is C=COC(=O)C1CN2CCc3c([nH]c4ccccc34)C12. The number of nitrogens with zero attached hydrogens (tertiary/aromatic N) is 1. The van der Waals surface area contributed by atoms with Crippen LogP contribution in [0.1, 0.15) is 17.3 Å². The van der Waals surface area contributed by atoms with Crippen molar-refractivity contribution in [3.63, 3.8) is 0 Å². The Morgan fingerprint density at radius 3 is 3.15 bits per heavy atom. The third-order valence-electron chi connectivity index (χ3n) is 4.50. The second-order valence-corrected chi connectivity index (χ2v) is 5.46. The van der Waals surface area contributed by atoms with Crippen molar-refractivity contribution >= 4 is 16.9 Å². The number of carbonyl (C=O) groups excluding carboxylic acids is 1. The molecule has 20 heavy (non-hydrogen) atoms. The fraction of sp³-hybridized carbons (Fsp3) is 0.312. The first-order chi connectivity index (χ1) is 9.79. The molecule has 1 N–H and O–H groups in total. The molecule has 0 spiro atoms. The van der Waals surface area contributed by atoms with E-state index in [0.29, 0.717) is 0 Å². The van der Waals surface area contributed by atoms with E-state index >= 15 is 0 Å². The van der Waals surface area contributed by atoms with Gasteiger partial charge in [-0.2, -0.15) is 0 Å². The van der Waals surface area contributed by atoms with Crippen molar-refractivity contribution in [2.24, 2.45) is 5.92 Å². The summed E-state index contributed by atoms with van der Waals surface area (Å²) in [4.78, 5) is 17.8. The zero-order valence-electron chi connectivity index (χ0n) is 11.1. The lowest BCUT2D eigenvalue weighted by molar-refractivity contribution is -0.154. The number of carbonyl (C=O) groups is 1. The summed E-state index contributed by atoms with van der Waals surface area (Å²) in [5.41, 5.74) is 3.70. The van der Waals surface area contributed by atoms with E-state index in [1.165, 1.54) is 22.9 Å². The van der Waals surface area contributed by atoms with E-state index in [0.717, 1.165) is 25.0 Å². The van der Waals surface area contributed by atoms with Gasteiger partial charge in [0.05, 0.1) is 18.2 Å². The first kappa shape index (κ1) is 11.7. The lowest BCUT2D eigenvalue weighted by Gasteiger charge is -2.49. The van der Waals surface area contributed by atoms with Crippen molar-refractivity contribution in [1.29, 1.82) is 0 Å². The van der Waals surface area contributed by atoms with Gasteiger partial charge in [-0.15, -0.1) is 0 Å². The van der Waals surface area contributed by atoms with Crippen LogP contribution in [-0.2, 0) is 16.0 Å². The number of fused-ring (bicyclic) bond motifs is 5. The topological polar surface area (TPSA) is 45.3 Å². The van der Waals surface area contributed by atoms with Gasteiger partial charge >= 0.3 is 5.97 Å². The number of rotatable bonds is 2. The number of hydrogen-bond donors (Lipinski definition) is 1. The molecule has 4 nitrogen and oxygen atoms in total. The average Bonchev–Trinajstić information content (AvgIpc) is 2.77. The molecule has 0 bridgehead atoms. The molecule has 4 heteroatoms. The molecular weight excluding hydrogens is 252 g/mol. The molecular formula is C16H16N2O2. The highest BCUT2D eigenvalue weighted by atomic mass is 16.5. The lowest BCUT2D eigenvalue weighted by atomic mass is 9.81. The average molecular weight is 268 g/mol. The minimum Gasteiger partial charge on any atom is -0.435 e. The normalized spacial score (nSPS) is 24.6. The minimum atomic E-state index is -0.173. The Labute approximate surface area is 117 Å². The van der Waals surface area contributed by atoms with Gasteiger partial charge in [-0.1, -0.05) is 24.8 Å². The van der Waals surface area contributed by atoms with Crippen molar-refractivity contribution in [2.75, 3.05) is 13.1 Å². The summed E-state index contributed by atoms with van der Waals surface area (Å²) in [5, 5.41) is 1.28. The van der Waals surface area contributed by atoms with Crippen molar-refractivity contribution in [1.82, 2.24) is 9.88 Å². The molecule has 2 aliphatic rings. The van der Waals surface area contributed by atoms with E-state index in [1.54, 1.807) is 0 Å². The molecule has 0 amide bonds. The quantitative estimate of drug-likeness (QED) is 0.672. The maximum atomic E-state index is 12.0. The second-order valence-electron chi connectivity index (χ2n) is 5.46. The Bertz CT molecular complexity index is 704. The van der Waals surface area contributed by atoms with Crippen LogP contribution in [0.5, 0.6) is 0 Å². The molecule has 0 aliphatic carbocycles. The zero-order valence-corrected chi connectivity index (χ0v) is 11.1. The van der Waals surface area contributed by atoms with Crippen LogP contribution in [0.2, 0.25) is 0 Å². The van der Waals surface area contributed by atoms with Crippen molar-refractivity contribution in [3.8, 4) is 0 Å². The van der Waals surface area contributed by atoms with Gasteiger partial charge in [0.1, 0.15) is 0 Å². The summed E-state index contributed by atoms with van der Waals surface area (Å²) in [6, 6.07) is 8.47. The molecule has 1 aromatic heterocycles. The van der Waals surface area contributed by atoms with Gasteiger partial charge in [0.15, 0.2) is 0 Å². The maximum Gasteiger partial charge on any atom is 0.317 e. The highest BCUT2D eigenvalue weighted by molar-refractivity contribution is 5.86. The Morgan fingerprint density at radius 1 is 1.45 bits per heavy atom. The van der Waals surface area contributed by atoms with Crippen molar-refractivity contribution in [3.05, 3.63) is 48.4 Å². The van der Waals surface area contributed by atoms with E-state index in [9.17, 15) is 4.79 Å². The standard InChI is InChI=1S/C16H16N2O2/c1-2-20-16(19)12-9-18-8-7-11-10-5-3-4-6-13(10)17-14(11)15(12)18/h2-6,12,15,17H,1,7-9H2. The molecule has 1 aromatic carbocycles. The number of aromatic nitrogens is 1. The molecule has 1 saturated heterocycles. The number of benzene rings is 1. The summed E-state index contributed by atoms with van der Waals surface area (Å²) in [5.74, 6) is -0.257. The number of hydrogen-bond acceptors (Lipinski definition) is 3. The number of para-hydroxylation sites is 1. The third-order valence-corrected chi connectivity index (χ3v) is 4.50. The summed E-state index contributed by atoms with van der Waals surface area (Å²) in [6.45, 7) is 5.26. The number of nitrogens with one attached hydrogen (secondary N) is 1. The summed E-state index contributed by atoms with van der Waals surface area (Å²) in [7, 11) is 0. The molecule has 2 aromatic rings. The highest BCUT2D eigenvalue weighted by Gasteiger charge is 2.48. The Balaban J connectivity index is 1.77. The lowest BCUT2D eigenvalue weighted by Crippen LogP contribution is -2.55. The van der Waals surface area contributed by atoms with Crippen LogP contribution < -0.4 is 0 Å².